The number of fused-ring (bicyclic) bond motifs is 1. The van der Waals surface area contributed by atoms with Crippen molar-refractivity contribution in [1.29, 1.82) is 5.26 Å². The van der Waals surface area contributed by atoms with E-state index < -0.39 is 23.4 Å². The first-order chi connectivity index (χ1) is 17.7. The lowest BCUT2D eigenvalue weighted by Crippen LogP contribution is -2.37. The van der Waals surface area contributed by atoms with Gasteiger partial charge < -0.3 is 14.4 Å². The average Bonchev–Trinajstić information content (AvgIpc) is 3.48. The summed E-state index contributed by atoms with van der Waals surface area (Å²) in [4.78, 5) is 33.8. The lowest BCUT2D eigenvalue weighted by atomic mass is 10.0. The molecular formula is C26H25FN6O4. The van der Waals surface area contributed by atoms with Gasteiger partial charge in [0.25, 0.3) is 5.91 Å². The Kier molecular flexibility index (Phi) is 6.13. The first-order valence-electron chi connectivity index (χ1n) is 11.8. The van der Waals surface area contributed by atoms with Crippen molar-refractivity contribution in [3.8, 4) is 23.0 Å². The fraction of sp³-hybridized carbons (Fsp3) is 0.346. The molecule has 0 bridgehead atoms. The summed E-state index contributed by atoms with van der Waals surface area (Å²) in [5.74, 6) is -0.524. The minimum Gasteiger partial charge on any atom is -0.443 e. The molecule has 1 saturated heterocycles. The number of nitrogens with zero attached hydrogens (tertiary/aromatic N) is 6. The molecule has 2 amide bonds. The van der Waals surface area contributed by atoms with E-state index in [9.17, 15) is 19.2 Å². The summed E-state index contributed by atoms with van der Waals surface area (Å²) in [7, 11) is 0. The monoisotopic (exact) mass is 504 g/mol. The number of ether oxygens (including phenoxy) is 2. The molecule has 1 aromatic carbocycles. The quantitative estimate of drug-likeness (QED) is 0.531. The summed E-state index contributed by atoms with van der Waals surface area (Å²) >= 11 is 0. The molecule has 3 aromatic rings. The van der Waals surface area contributed by atoms with Crippen molar-refractivity contribution in [2.75, 3.05) is 31.2 Å². The molecule has 0 N–H and O–H groups in total. The van der Waals surface area contributed by atoms with Crippen molar-refractivity contribution >= 4 is 17.8 Å². The van der Waals surface area contributed by atoms with Gasteiger partial charge in [-0.25, -0.2) is 23.8 Å². The van der Waals surface area contributed by atoms with E-state index in [-0.39, 0.29) is 34.6 Å². The number of hydrogen-bond acceptors (Lipinski definition) is 8. The van der Waals surface area contributed by atoms with Gasteiger partial charge in [-0.3, -0.25) is 4.79 Å². The van der Waals surface area contributed by atoms with Crippen LogP contribution in [0.1, 0.15) is 42.4 Å². The van der Waals surface area contributed by atoms with E-state index in [4.69, 9.17) is 9.47 Å². The third kappa shape index (κ3) is 4.63. The predicted octanol–water partition coefficient (Wildman–Crippen LogP) is 3.67. The number of imide groups is 1. The van der Waals surface area contributed by atoms with Gasteiger partial charge in [0.1, 0.15) is 11.4 Å². The molecule has 0 spiro atoms. The normalized spacial score (nSPS) is 15.5. The fourth-order valence-corrected chi connectivity index (χ4v) is 4.35. The van der Waals surface area contributed by atoms with Gasteiger partial charge in [0.05, 0.1) is 59.6 Å². The highest BCUT2D eigenvalue weighted by molar-refractivity contribution is 6.08. The molecule has 37 heavy (non-hydrogen) atoms. The van der Waals surface area contributed by atoms with Crippen LogP contribution in [-0.2, 0) is 16.0 Å². The van der Waals surface area contributed by atoms with E-state index in [0.717, 1.165) is 4.90 Å². The highest BCUT2D eigenvalue weighted by Gasteiger charge is 2.39. The molecule has 4 heterocycles. The second-order valence-corrected chi connectivity index (χ2v) is 9.71. The Morgan fingerprint density at radius 3 is 2.65 bits per heavy atom. The summed E-state index contributed by atoms with van der Waals surface area (Å²) in [6, 6.07) is 9.51. The highest BCUT2D eigenvalue weighted by Crippen LogP contribution is 2.34. The van der Waals surface area contributed by atoms with E-state index in [1.54, 1.807) is 27.0 Å². The molecule has 190 valence electrons. The number of morpholine rings is 1. The maximum Gasteiger partial charge on any atom is 0.417 e. The number of aromatic nitrogens is 3. The second-order valence-electron chi connectivity index (χ2n) is 9.71. The van der Waals surface area contributed by atoms with Crippen molar-refractivity contribution in [2.24, 2.45) is 0 Å². The topological polar surface area (TPSA) is 114 Å². The SMILES string of the molecule is CC(C)(C)OC(=O)N1Cc2nc(-c3c(F)cccc3C#N)cc(-n3ccc(N4CCOCC4)n3)c2C1=O. The smallest absolute Gasteiger partial charge is 0.417 e. The maximum absolute atomic E-state index is 14.9. The minimum atomic E-state index is -0.808. The number of rotatable bonds is 3. The number of benzene rings is 1. The fourth-order valence-electron chi connectivity index (χ4n) is 4.35. The van der Waals surface area contributed by atoms with Crippen molar-refractivity contribution in [3.63, 3.8) is 0 Å². The van der Waals surface area contributed by atoms with Crippen LogP contribution in [0.4, 0.5) is 15.0 Å². The van der Waals surface area contributed by atoms with Crippen LogP contribution < -0.4 is 4.90 Å². The van der Waals surface area contributed by atoms with Gasteiger partial charge in [0, 0.05) is 25.4 Å². The predicted molar refractivity (Wildman–Crippen MR) is 131 cm³/mol. The lowest BCUT2D eigenvalue weighted by Gasteiger charge is -2.26. The van der Waals surface area contributed by atoms with Crippen LogP contribution in [0.5, 0.6) is 0 Å². The Labute approximate surface area is 212 Å². The van der Waals surface area contributed by atoms with Crippen LogP contribution in [0.3, 0.4) is 0 Å². The number of carbonyl (C=O) groups excluding carboxylic acids is 2. The standard InChI is InChI=1S/C26H25FN6O4/c1-26(2,3)37-25(35)32-15-19-23(24(32)34)20(33-8-7-21(30-33)31-9-11-36-12-10-31)13-18(29-19)22-16(14-28)5-4-6-17(22)27/h4-8,13H,9-12,15H2,1-3H3. The number of carbonyl (C=O) groups is 2. The van der Waals surface area contributed by atoms with Crippen LogP contribution in [0.15, 0.2) is 36.5 Å². The molecule has 0 saturated carbocycles. The minimum absolute atomic E-state index is 0.0118. The number of hydrogen-bond donors (Lipinski definition) is 0. The van der Waals surface area contributed by atoms with Crippen molar-refractivity contribution in [3.05, 3.63) is 59.2 Å². The average molecular weight is 505 g/mol. The molecule has 1 fully saturated rings. The molecule has 5 rings (SSSR count). The van der Waals surface area contributed by atoms with E-state index in [0.29, 0.717) is 37.8 Å². The van der Waals surface area contributed by atoms with E-state index >= 15 is 0 Å². The zero-order valence-electron chi connectivity index (χ0n) is 20.7. The molecule has 0 aliphatic carbocycles. The first kappa shape index (κ1) is 24.4. The number of nitriles is 1. The molecule has 2 aromatic heterocycles. The van der Waals surface area contributed by atoms with Gasteiger partial charge in [0.15, 0.2) is 5.82 Å². The number of anilines is 1. The Balaban J connectivity index is 1.64. The molecule has 10 nitrogen and oxygen atoms in total. The molecule has 0 atom stereocenters. The maximum atomic E-state index is 14.9. The van der Waals surface area contributed by atoms with Crippen LogP contribution in [0.25, 0.3) is 16.9 Å². The van der Waals surface area contributed by atoms with Crippen molar-refractivity contribution in [1.82, 2.24) is 19.7 Å². The van der Waals surface area contributed by atoms with Gasteiger partial charge in [-0.1, -0.05) is 6.07 Å². The van der Waals surface area contributed by atoms with Crippen LogP contribution in [-0.4, -0.2) is 63.6 Å². The number of amides is 2. The summed E-state index contributed by atoms with van der Waals surface area (Å²) in [6.07, 6.45) is 0.890. The van der Waals surface area contributed by atoms with Gasteiger partial charge in [0.2, 0.25) is 0 Å². The van der Waals surface area contributed by atoms with E-state index in [2.05, 4.69) is 15.0 Å². The Bertz CT molecular complexity index is 1430. The molecule has 0 unspecified atom stereocenters. The molecule has 0 radical (unpaired) electrons. The van der Waals surface area contributed by atoms with Gasteiger partial charge in [-0.05, 0) is 39.0 Å². The summed E-state index contributed by atoms with van der Waals surface area (Å²) < 4.78 is 27.3. The summed E-state index contributed by atoms with van der Waals surface area (Å²) in [5.41, 5.74) is 0.213. The van der Waals surface area contributed by atoms with Crippen molar-refractivity contribution < 1.29 is 23.5 Å². The number of pyridine rings is 1. The van der Waals surface area contributed by atoms with E-state index in [1.807, 2.05) is 12.1 Å². The first-order valence-corrected chi connectivity index (χ1v) is 11.8. The third-order valence-electron chi connectivity index (χ3n) is 6.00. The zero-order chi connectivity index (χ0) is 26.3. The molecule has 11 heteroatoms. The Morgan fingerprint density at radius 1 is 1.19 bits per heavy atom. The van der Waals surface area contributed by atoms with Gasteiger partial charge >= 0.3 is 6.09 Å². The lowest BCUT2D eigenvalue weighted by molar-refractivity contribution is 0.0247. The summed E-state index contributed by atoms with van der Waals surface area (Å²) in [5, 5.41) is 14.3. The Hall–Kier alpha value is -4.30. The highest BCUT2D eigenvalue weighted by atomic mass is 19.1. The van der Waals surface area contributed by atoms with Crippen LogP contribution >= 0.6 is 0 Å². The molecular weight excluding hydrogens is 479 g/mol. The van der Waals surface area contributed by atoms with Crippen LogP contribution in [0.2, 0.25) is 0 Å². The molecule has 2 aliphatic heterocycles. The van der Waals surface area contributed by atoms with E-state index in [1.165, 1.54) is 28.9 Å². The van der Waals surface area contributed by atoms with Gasteiger partial charge in [-0.2, -0.15) is 10.4 Å². The summed E-state index contributed by atoms with van der Waals surface area (Å²) in [6.45, 7) is 7.46. The largest absolute Gasteiger partial charge is 0.443 e. The second kappa shape index (κ2) is 9.29. The van der Waals surface area contributed by atoms with Crippen LogP contribution in [0, 0.1) is 17.1 Å². The molecule has 2 aliphatic rings. The number of halogens is 1. The Morgan fingerprint density at radius 2 is 1.95 bits per heavy atom. The zero-order valence-corrected chi connectivity index (χ0v) is 20.7. The van der Waals surface area contributed by atoms with Crippen molar-refractivity contribution in [2.45, 2.75) is 32.9 Å². The third-order valence-corrected chi connectivity index (χ3v) is 6.00. The van der Waals surface area contributed by atoms with Gasteiger partial charge in [-0.15, -0.1) is 0 Å².